The topological polar surface area (TPSA) is 137 Å². The van der Waals surface area contributed by atoms with Crippen LogP contribution < -0.4 is 19.1 Å². The number of hydrogen-bond donors (Lipinski definition) is 1. The standard InChI is InChI=1S/C25H20FN3O6S/c1-3-35-22-7-5-4-6-18(22)23-19-12-15(14-27)20(26)13-21(19)29(24(23)30,25(28)31)36(32,33)17-10-8-16(34-2)9-11-17/h4-13,23H,3H2,1-2H3,(H-,28,31)/p+1. The van der Waals surface area contributed by atoms with Crippen molar-refractivity contribution in [2.75, 3.05) is 13.7 Å². The number of benzene rings is 3. The molecule has 3 amide bonds. The van der Waals surface area contributed by atoms with Crippen molar-refractivity contribution < 1.29 is 31.9 Å². The van der Waals surface area contributed by atoms with E-state index in [1.165, 1.54) is 25.3 Å². The van der Waals surface area contributed by atoms with Crippen molar-refractivity contribution in [2.45, 2.75) is 17.7 Å². The van der Waals surface area contributed by atoms with Gasteiger partial charge in [0.25, 0.3) is 0 Å². The molecule has 2 atom stereocenters. The van der Waals surface area contributed by atoms with Crippen molar-refractivity contribution in [1.29, 1.82) is 5.26 Å². The maximum absolute atomic E-state index is 14.9. The van der Waals surface area contributed by atoms with Crippen LogP contribution in [-0.4, -0.2) is 34.1 Å². The lowest BCUT2D eigenvalue weighted by molar-refractivity contribution is -0.123. The average Bonchev–Trinajstić information content (AvgIpc) is 3.12. The predicted molar refractivity (Wildman–Crippen MR) is 127 cm³/mol. The zero-order valence-electron chi connectivity index (χ0n) is 19.3. The van der Waals surface area contributed by atoms with Crippen molar-refractivity contribution in [1.82, 2.24) is 3.89 Å². The molecular formula is C25H21FN3O6S+. The van der Waals surface area contributed by atoms with Crippen molar-refractivity contribution in [2.24, 2.45) is 5.73 Å². The van der Waals surface area contributed by atoms with Gasteiger partial charge in [0.05, 0.1) is 19.3 Å². The van der Waals surface area contributed by atoms with Gasteiger partial charge >= 0.3 is 22.0 Å². The summed E-state index contributed by atoms with van der Waals surface area (Å²) in [6, 6.07) is 13.3. The molecular weight excluding hydrogens is 489 g/mol. The van der Waals surface area contributed by atoms with Crippen molar-refractivity contribution >= 4 is 27.6 Å². The van der Waals surface area contributed by atoms with E-state index in [1.807, 2.05) is 0 Å². The summed E-state index contributed by atoms with van der Waals surface area (Å²) in [7, 11) is -3.54. The first kappa shape index (κ1) is 24.8. The van der Waals surface area contributed by atoms with Gasteiger partial charge < -0.3 is 15.2 Å². The molecule has 1 heterocycles. The van der Waals surface area contributed by atoms with E-state index in [4.69, 9.17) is 15.2 Å². The van der Waals surface area contributed by atoms with E-state index < -0.39 is 53.7 Å². The number of nitrogens with zero attached hydrogens (tertiary/aromatic N) is 2. The molecule has 1 aliphatic rings. The molecule has 2 unspecified atom stereocenters. The molecule has 0 fully saturated rings. The zero-order chi connectivity index (χ0) is 26.3. The number of primary amides is 1. The van der Waals surface area contributed by atoms with Gasteiger partial charge in [-0.1, -0.05) is 18.2 Å². The van der Waals surface area contributed by atoms with E-state index in [1.54, 1.807) is 31.2 Å². The molecule has 0 aliphatic carbocycles. The Bertz CT molecular complexity index is 1530. The molecule has 0 bridgehead atoms. The van der Waals surface area contributed by atoms with Gasteiger partial charge in [0, 0.05) is 17.2 Å². The second-order valence-corrected chi connectivity index (χ2v) is 9.81. The largest absolute Gasteiger partial charge is 0.497 e. The first-order chi connectivity index (χ1) is 17.1. The number of amides is 3. The van der Waals surface area contributed by atoms with Crippen LogP contribution in [0.3, 0.4) is 0 Å². The summed E-state index contributed by atoms with van der Waals surface area (Å²) in [5, 5.41) is 9.41. The summed E-state index contributed by atoms with van der Waals surface area (Å²) in [6.07, 6.45) is 0. The second kappa shape index (κ2) is 9.07. The summed E-state index contributed by atoms with van der Waals surface area (Å²) in [4.78, 5) is 26.8. The number of fused-ring (bicyclic) bond motifs is 1. The Kier molecular flexibility index (Phi) is 6.26. The van der Waals surface area contributed by atoms with E-state index in [2.05, 4.69) is 0 Å². The smallest absolute Gasteiger partial charge is 0.442 e. The van der Waals surface area contributed by atoms with Crippen LogP contribution in [0.4, 0.5) is 14.9 Å². The van der Waals surface area contributed by atoms with Gasteiger partial charge in [-0.25, -0.2) is 14.0 Å². The molecule has 3 aromatic carbocycles. The summed E-state index contributed by atoms with van der Waals surface area (Å²) in [5.41, 5.74) is 4.95. The van der Waals surface area contributed by atoms with E-state index in [0.717, 1.165) is 18.2 Å². The maximum Gasteiger partial charge on any atom is 0.442 e. The number of nitrogens with two attached hydrogens (primary N) is 1. The number of rotatable bonds is 6. The monoisotopic (exact) mass is 510 g/mol. The molecule has 11 heteroatoms. The number of halogens is 1. The molecule has 184 valence electrons. The number of urea groups is 1. The normalized spacial score (nSPS) is 18.8. The van der Waals surface area contributed by atoms with Crippen LogP contribution in [0, 0.1) is 17.1 Å². The van der Waals surface area contributed by atoms with Gasteiger partial charge in [0.1, 0.15) is 34.2 Å². The zero-order valence-corrected chi connectivity index (χ0v) is 20.1. The molecule has 0 spiro atoms. The number of carbonyl (C=O) groups is 2. The van der Waals surface area contributed by atoms with E-state index in [0.29, 0.717) is 11.8 Å². The lowest BCUT2D eigenvalue weighted by Gasteiger charge is -2.26. The van der Waals surface area contributed by atoms with E-state index in [9.17, 15) is 27.7 Å². The van der Waals surface area contributed by atoms with Crippen molar-refractivity contribution in [3.63, 3.8) is 0 Å². The summed E-state index contributed by atoms with van der Waals surface area (Å²) in [5.74, 6) is -3.04. The second-order valence-electron chi connectivity index (χ2n) is 7.84. The van der Waals surface area contributed by atoms with E-state index in [-0.39, 0.29) is 23.5 Å². The Morgan fingerprint density at radius 2 is 1.81 bits per heavy atom. The Morgan fingerprint density at radius 1 is 1.14 bits per heavy atom. The Balaban J connectivity index is 2.10. The third-order valence-corrected chi connectivity index (χ3v) is 8.15. The molecule has 3 aromatic rings. The molecule has 0 radical (unpaired) electrons. The molecule has 0 saturated heterocycles. The summed E-state index contributed by atoms with van der Waals surface area (Å²) in [6.45, 7) is 1.96. The van der Waals surface area contributed by atoms with Gasteiger partial charge in [0.2, 0.25) is 0 Å². The van der Waals surface area contributed by atoms with Gasteiger partial charge in [-0.15, -0.1) is 0 Å². The SMILES string of the molecule is CCOc1ccccc1C1C(=O)[N+](C(N)=O)(S(=O)(=O)c2ccc(OC)cc2)c2cc(F)c(C#N)cc21. The van der Waals surface area contributed by atoms with Gasteiger partial charge in [0.15, 0.2) is 5.69 Å². The number of hydrogen-bond acceptors (Lipinski definition) is 7. The van der Waals surface area contributed by atoms with Gasteiger partial charge in [-0.3, -0.25) is 0 Å². The summed E-state index contributed by atoms with van der Waals surface area (Å²) < 4.78 is 51.6. The number of carbonyl (C=O) groups excluding carboxylic acids is 2. The minimum absolute atomic E-state index is 0.0408. The number of imide groups is 1. The first-order valence-corrected chi connectivity index (χ1v) is 12.2. The maximum atomic E-state index is 14.9. The molecule has 4 rings (SSSR count). The minimum Gasteiger partial charge on any atom is -0.497 e. The number of sulfonamides is 1. The Hall–Kier alpha value is -4.27. The van der Waals surface area contributed by atoms with Crippen LogP contribution in [0.2, 0.25) is 0 Å². The number of methoxy groups -OCH3 is 1. The number of para-hydroxylation sites is 1. The number of ether oxygens (including phenoxy) is 2. The third kappa shape index (κ3) is 3.42. The number of quaternary nitrogens is 1. The molecule has 0 aromatic heterocycles. The van der Waals surface area contributed by atoms with Crippen LogP contribution in [0.25, 0.3) is 0 Å². The molecule has 36 heavy (non-hydrogen) atoms. The van der Waals surface area contributed by atoms with Crippen LogP contribution in [-0.2, 0) is 14.8 Å². The minimum atomic E-state index is -4.92. The van der Waals surface area contributed by atoms with Crippen LogP contribution in [0.1, 0.15) is 29.5 Å². The third-order valence-electron chi connectivity index (χ3n) is 6.00. The van der Waals surface area contributed by atoms with Crippen molar-refractivity contribution in [3.05, 3.63) is 83.2 Å². The molecule has 1 aliphatic heterocycles. The highest BCUT2D eigenvalue weighted by atomic mass is 32.2. The van der Waals surface area contributed by atoms with Crippen LogP contribution >= 0.6 is 0 Å². The van der Waals surface area contributed by atoms with E-state index >= 15 is 0 Å². The average molecular weight is 511 g/mol. The van der Waals surface area contributed by atoms with Gasteiger partial charge in [-0.2, -0.15) is 13.7 Å². The lowest BCUT2D eigenvalue weighted by Crippen LogP contribution is -2.63. The fourth-order valence-corrected chi connectivity index (χ4v) is 6.20. The lowest BCUT2D eigenvalue weighted by atomic mass is 9.91. The fraction of sp³-hybridized carbons (Fsp3) is 0.160. The predicted octanol–water partition coefficient (Wildman–Crippen LogP) is 3.55. The van der Waals surface area contributed by atoms with Gasteiger partial charge in [-0.05, 0) is 47.2 Å². The quantitative estimate of drug-likeness (QED) is 0.501. The highest BCUT2D eigenvalue weighted by molar-refractivity contribution is 7.92. The molecule has 0 saturated carbocycles. The highest BCUT2D eigenvalue weighted by Crippen LogP contribution is 2.51. The Morgan fingerprint density at radius 3 is 2.39 bits per heavy atom. The highest BCUT2D eigenvalue weighted by Gasteiger charge is 2.67. The fourth-order valence-electron chi connectivity index (χ4n) is 4.41. The Labute approximate surface area is 206 Å². The van der Waals surface area contributed by atoms with Crippen LogP contribution in [0.5, 0.6) is 11.5 Å². The molecule has 9 nitrogen and oxygen atoms in total. The number of nitriles is 1. The summed E-state index contributed by atoms with van der Waals surface area (Å²) >= 11 is 0. The molecule has 2 N–H and O–H groups in total. The van der Waals surface area contributed by atoms with Crippen molar-refractivity contribution in [3.8, 4) is 17.6 Å². The van der Waals surface area contributed by atoms with Crippen LogP contribution in [0.15, 0.2) is 65.6 Å². The first-order valence-electron chi connectivity index (χ1n) is 10.7.